The molecule has 1 aliphatic heterocycles. The number of methoxy groups -OCH3 is 1. The van der Waals surface area contributed by atoms with Crippen molar-refractivity contribution in [1.82, 2.24) is 24.9 Å². The van der Waals surface area contributed by atoms with Crippen LogP contribution >= 0.6 is 0 Å². The van der Waals surface area contributed by atoms with E-state index in [2.05, 4.69) is 15.3 Å². The van der Waals surface area contributed by atoms with Gasteiger partial charge in [0.15, 0.2) is 0 Å². The molecule has 0 aliphatic carbocycles. The van der Waals surface area contributed by atoms with Gasteiger partial charge in [0.2, 0.25) is 11.8 Å². The summed E-state index contributed by atoms with van der Waals surface area (Å²) in [4.78, 5) is 18.7. The smallest absolute Gasteiger partial charge is 0.228 e. The molecule has 0 aromatic carbocycles. The predicted octanol–water partition coefficient (Wildman–Crippen LogP) is 1.32. The molecule has 3 heterocycles. The summed E-state index contributed by atoms with van der Waals surface area (Å²) in [7, 11) is 1.54. The number of rotatable bonds is 5. The van der Waals surface area contributed by atoms with Gasteiger partial charge in [0.25, 0.3) is 0 Å². The number of carbonyl (C=O) groups excluding carboxylic acids is 1. The average molecular weight is 359 g/mol. The molecule has 0 spiro atoms. The molecule has 0 unspecified atom stereocenters. The normalized spacial score (nSPS) is 20.4. The molecular weight excluding hydrogens is 334 g/mol. The number of piperidine rings is 1. The molecule has 1 amide bonds. The molecule has 3 rings (SSSR count). The number of likely N-dealkylation sites (tertiary alicyclic amines) is 1. The Morgan fingerprint density at radius 1 is 1.42 bits per heavy atom. The van der Waals surface area contributed by atoms with E-state index in [1.165, 1.54) is 0 Å². The molecule has 140 valence electrons. The second-order valence-electron chi connectivity index (χ2n) is 6.98. The number of amides is 1. The van der Waals surface area contributed by atoms with Crippen LogP contribution in [-0.4, -0.2) is 56.1 Å². The summed E-state index contributed by atoms with van der Waals surface area (Å²) in [5.74, 6) is 0.413. The van der Waals surface area contributed by atoms with Gasteiger partial charge in [-0.3, -0.25) is 4.79 Å². The van der Waals surface area contributed by atoms with Gasteiger partial charge in [-0.05, 0) is 32.8 Å². The van der Waals surface area contributed by atoms with Crippen molar-refractivity contribution in [3.63, 3.8) is 0 Å². The molecule has 2 aromatic heterocycles. The summed E-state index contributed by atoms with van der Waals surface area (Å²) < 4.78 is 6.82. The lowest BCUT2D eigenvalue weighted by Gasteiger charge is -2.38. The summed E-state index contributed by atoms with van der Waals surface area (Å²) in [6.45, 7) is 4.83. The van der Waals surface area contributed by atoms with Crippen molar-refractivity contribution in [2.24, 2.45) is 0 Å². The number of hydrogen-bond donors (Lipinski definition) is 1. The first-order chi connectivity index (χ1) is 12.4. The van der Waals surface area contributed by atoms with Gasteiger partial charge in [0, 0.05) is 18.7 Å². The minimum Gasteiger partial charge on any atom is -0.481 e. The van der Waals surface area contributed by atoms with E-state index < -0.39 is 5.60 Å². The van der Waals surface area contributed by atoms with Crippen LogP contribution in [0.4, 0.5) is 0 Å². The number of nitrogens with zero attached hydrogens (tertiary/aromatic N) is 5. The zero-order chi connectivity index (χ0) is 18.7. The van der Waals surface area contributed by atoms with Gasteiger partial charge >= 0.3 is 0 Å². The van der Waals surface area contributed by atoms with E-state index in [1.807, 2.05) is 19.9 Å². The Morgan fingerprint density at radius 2 is 2.23 bits per heavy atom. The third-order valence-corrected chi connectivity index (χ3v) is 4.66. The van der Waals surface area contributed by atoms with Crippen LogP contribution in [-0.2, 0) is 16.8 Å². The Balaban J connectivity index is 1.71. The molecule has 0 saturated carbocycles. The van der Waals surface area contributed by atoms with Gasteiger partial charge in [0.05, 0.1) is 32.0 Å². The lowest BCUT2D eigenvalue weighted by atomic mass is 9.89. The highest BCUT2D eigenvalue weighted by atomic mass is 16.5. The largest absolute Gasteiger partial charge is 0.481 e. The highest BCUT2D eigenvalue weighted by Gasteiger charge is 2.39. The number of β-amino-alcohol motifs (C(OH)–C–C–N with tert-alkyl or cyclic N) is 1. The Hall–Kier alpha value is -2.48. The maximum Gasteiger partial charge on any atom is 0.228 e. The number of hydrogen-bond acceptors (Lipinski definition) is 6. The predicted molar refractivity (Wildman–Crippen MR) is 94.6 cm³/mol. The number of aliphatic hydroxyl groups is 1. The fraction of sp³-hybridized carbons (Fsp3) is 0.556. The van der Waals surface area contributed by atoms with E-state index in [4.69, 9.17) is 4.74 Å². The van der Waals surface area contributed by atoms with E-state index in [0.29, 0.717) is 36.7 Å². The molecular formula is C18H25N5O3. The van der Waals surface area contributed by atoms with Gasteiger partial charge < -0.3 is 14.7 Å². The summed E-state index contributed by atoms with van der Waals surface area (Å²) in [5.41, 5.74) is 0.000446. The van der Waals surface area contributed by atoms with Crippen molar-refractivity contribution < 1.29 is 14.6 Å². The Bertz CT molecular complexity index is 776. The van der Waals surface area contributed by atoms with Crippen LogP contribution in [0.2, 0.25) is 0 Å². The van der Waals surface area contributed by atoms with Gasteiger partial charge in [-0.15, -0.1) is 5.10 Å². The fourth-order valence-electron chi connectivity index (χ4n) is 3.14. The van der Waals surface area contributed by atoms with Crippen molar-refractivity contribution in [3.05, 3.63) is 35.8 Å². The van der Waals surface area contributed by atoms with Crippen LogP contribution in [0, 0.1) is 0 Å². The molecule has 8 heteroatoms. The second-order valence-corrected chi connectivity index (χ2v) is 6.98. The standard InChI is InChI=1S/C18H25N5O3/c1-13(2)23-11-15(20-21-23)18(25)8-5-9-22(12-18)17(24)10-14-6-4-7-16(19-14)26-3/h4,6-7,11,13,25H,5,8-10,12H2,1-3H3/t18-/m1/s1. The zero-order valence-electron chi connectivity index (χ0n) is 15.4. The van der Waals surface area contributed by atoms with Gasteiger partial charge in [-0.2, -0.15) is 0 Å². The fourth-order valence-corrected chi connectivity index (χ4v) is 3.14. The van der Waals surface area contributed by atoms with Gasteiger partial charge in [0.1, 0.15) is 11.3 Å². The van der Waals surface area contributed by atoms with Crippen molar-refractivity contribution in [3.8, 4) is 5.88 Å². The first kappa shape index (κ1) is 18.3. The van der Waals surface area contributed by atoms with Crippen molar-refractivity contribution in [1.29, 1.82) is 0 Å². The van der Waals surface area contributed by atoms with E-state index in [1.54, 1.807) is 35.0 Å². The third kappa shape index (κ3) is 3.85. The molecule has 1 fully saturated rings. The molecule has 0 bridgehead atoms. The quantitative estimate of drug-likeness (QED) is 0.865. The minimum atomic E-state index is -1.16. The topological polar surface area (TPSA) is 93.4 Å². The maximum atomic E-state index is 12.7. The first-order valence-electron chi connectivity index (χ1n) is 8.83. The molecule has 2 aromatic rings. The van der Waals surface area contributed by atoms with Crippen molar-refractivity contribution in [2.75, 3.05) is 20.2 Å². The monoisotopic (exact) mass is 359 g/mol. The Morgan fingerprint density at radius 3 is 2.92 bits per heavy atom. The van der Waals surface area contributed by atoms with E-state index in [9.17, 15) is 9.90 Å². The molecule has 0 radical (unpaired) electrons. The summed E-state index contributed by atoms with van der Waals surface area (Å²) in [5, 5.41) is 19.3. The SMILES string of the molecule is COc1cccc(CC(=O)N2CCC[C@](O)(c3cn(C(C)C)nn3)C2)n1. The molecule has 8 nitrogen and oxygen atoms in total. The minimum absolute atomic E-state index is 0.0693. The van der Waals surface area contributed by atoms with E-state index >= 15 is 0 Å². The van der Waals surface area contributed by atoms with Gasteiger partial charge in [-0.1, -0.05) is 11.3 Å². The Labute approximate surface area is 152 Å². The van der Waals surface area contributed by atoms with Gasteiger partial charge in [-0.25, -0.2) is 9.67 Å². The van der Waals surface area contributed by atoms with E-state index in [0.717, 1.165) is 0 Å². The lowest BCUT2D eigenvalue weighted by molar-refractivity contribution is -0.138. The molecule has 1 atom stereocenters. The first-order valence-corrected chi connectivity index (χ1v) is 8.83. The molecule has 26 heavy (non-hydrogen) atoms. The zero-order valence-corrected chi connectivity index (χ0v) is 15.4. The number of carbonyl (C=O) groups is 1. The summed E-state index contributed by atoms with van der Waals surface area (Å²) in [6, 6.07) is 5.52. The van der Waals surface area contributed by atoms with Crippen LogP contribution in [0.15, 0.2) is 24.4 Å². The number of pyridine rings is 1. The maximum absolute atomic E-state index is 12.7. The second kappa shape index (κ2) is 7.41. The molecule has 1 saturated heterocycles. The molecule has 1 aliphatic rings. The number of aromatic nitrogens is 4. The highest BCUT2D eigenvalue weighted by molar-refractivity contribution is 5.78. The van der Waals surface area contributed by atoms with Crippen LogP contribution < -0.4 is 4.74 Å². The van der Waals surface area contributed by atoms with Crippen molar-refractivity contribution in [2.45, 2.75) is 44.8 Å². The highest BCUT2D eigenvalue weighted by Crippen LogP contribution is 2.30. The van der Waals surface area contributed by atoms with Crippen molar-refractivity contribution >= 4 is 5.91 Å². The van der Waals surface area contributed by atoms with E-state index in [-0.39, 0.29) is 24.9 Å². The molecule has 1 N–H and O–H groups in total. The lowest BCUT2D eigenvalue weighted by Crippen LogP contribution is -2.49. The average Bonchev–Trinajstić information content (AvgIpc) is 3.13. The Kier molecular flexibility index (Phi) is 5.22. The summed E-state index contributed by atoms with van der Waals surface area (Å²) in [6.07, 6.45) is 3.21. The van der Waals surface area contributed by atoms with Crippen LogP contribution in [0.1, 0.15) is 44.1 Å². The number of ether oxygens (including phenoxy) is 1. The summed E-state index contributed by atoms with van der Waals surface area (Å²) >= 11 is 0. The van der Waals surface area contributed by atoms with Crippen LogP contribution in [0.25, 0.3) is 0 Å². The third-order valence-electron chi connectivity index (χ3n) is 4.66. The van der Waals surface area contributed by atoms with Crippen LogP contribution in [0.3, 0.4) is 0 Å². The van der Waals surface area contributed by atoms with Crippen LogP contribution in [0.5, 0.6) is 5.88 Å².